The molecule has 0 N–H and O–H groups in total. The molecule has 4 heterocycles. The highest BCUT2D eigenvalue weighted by atomic mass is 32.1. The molecule has 2 aliphatic heterocycles. The van der Waals surface area contributed by atoms with Crippen LogP contribution in [-0.2, 0) is 37.3 Å². The molecule has 1 amide bonds. The summed E-state index contributed by atoms with van der Waals surface area (Å²) >= 11 is 1.83. The first-order chi connectivity index (χ1) is 11.2. The van der Waals surface area contributed by atoms with E-state index in [9.17, 15) is 4.79 Å². The molecule has 7 heteroatoms. The second-order valence-corrected chi connectivity index (χ2v) is 7.18. The van der Waals surface area contributed by atoms with E-state index in [1.165, 1.54) is 10.4 Å². The van der Waals surface area contributed by atoms with Crippen LogP contribution < -0.4 is 0 Å². The van der Waals surface area contributed by atoms with Crippen molar-refractivity contribution in [3.8, 4) is 0 Å². The molecule has 0 fully saturated rings. The first kappa shape index (κ1) is 14.8. The molecule has 0 spiro atoms. The first-order valence-corrected chi connectivity index (χ1v) is 9.09. The van der Waals surface area contributed by atoms with Gasteiger partial charge in [0.05, 0.1) is 13.1 Å². The lowest BCUT2D eigenvalue weighted by Crippen LogP contribution is -2.45. The Labute approximate surface area is 139 Å². The van der Waals surface area contributed by atoms with E-state index in [-0.39, 0.29) is 5.91 Å². The van der Waals surface area contributed by atoms with E-state index in [2.05, 4.69) is 38.0 Å². The number of fused-ring (bicyclic) bond motifs is 2. The molecule has 6 nitrogen and oxygen atoms in total. The summed E-state index contributed by atoms with van der Waals surface area (Å²) in [7, 11) is 0. The monoisotopic (exact) mass is 331 g/mol. The van der Waals surface area contributed by atoms with Crippen LogP contribution in [0.4, 0.5) is 0 Å². The number of nitrogens with zero attached hydrogens (tertiary/aromatic N) is 5. The fraction of sp³-hybridized carbons (Fsp3) is 0.562. The maximum absolute atomic E-state index is 12.6. The summed E-state index contributed by atoms with van der Waals surface area (Å²) in [6, 6.07) is 2.19. The van der Waals surface area contributed by atoms with Gasteiger partial charge in [-0.2, -0.15) is 0 Å². The summed E-state index contributed by atoms with van der Waals surface area (Å²) < 4.78 is 2.16. The van der Waals surface area contributed by atoms with Crippen molar-refractivity contribution >= 4 is 17.2 Å². The van der Waals surface area contributed by atoms with Crippen LogP contribution in [0.1, 0.15) is 29.0 Å². The maximum atomic E-state index is 12.6. The summed E-state index contributed by atoms with van der Waals surface area (Å²) in [6.07, 6.45) is 1.95. The van der Waals surface area contributed by atoms with Crippen molar-refractivity contribution in [2.24, 2.45) is 0 Å². The Kier molecular flexibility index (Phi) is 3.90. The van der Waals surface area contributed by atoms with E-state index in [4.69, 9.17) is 0 Å². The van der Waals surface area contributed by atoms with Crippen LogP contribution in [0.15, 0.2) is 11.4 Å². The Hall–Kier alpha value is -1.73. The Balaban J connectivity index is 1.39. The van der Waals surface area contributed by atoms with Crippen LogP contribution in [0.5, 0.6) is 0 Å². The topological polar surface area (TPSA) is 54.3 Å². The summed E-state index contributed by atoms with van der Waals surface area (Å²) in [5, 5.41) is 10.6. The number of aryl methyl sites for hydroxylation is 1. The highest BCUT2D eigenvalue weighted by Gasteiger charge is 2.26. The van der Waals surface area contributed by atoms with Crippen molar-refractivity contribution in [1.82, 2.24) is 24.6 Å². The zero-order valence-electron chi connectivity index (χ0n) is 13.4. The smallest absolute Gasteiger partial charge is 0.237 e. The van der Waals surface area contributed by atoms with Gasteiger partial charge in [0, 0.05) is 37.5 Å². The highest BCUT2D eigenvalue weighted by molar-refractivity contribution is 7.10. The predicted molar refractivity (Wildman–Crippen MR) is 88.1 cm³/mol. The molecule has 2 aromatic heterocycles. The van der Waals surface area contributed by atoms with E-state index in [1.807, 2.05) is 16.2 Å². The van der Waals surface area contributed by atoms with E-state index in [0.29, 0.717) is 13.1 Å². The van der Waals surface area contributed by atoms with Gasteiger partial charge < -0.3 is 9.47 Å². The van der Waals surface area contributed by atoms with Gasteiger partial charge in [-0.25, -0.2) is 0 Å². The minimum Gasteiger partial charge on any atom is -0.332 e. The van der Waals surface area contributed by atoms with Crippen LogP contribution in [0.25, 0.3) is 0 Å². The quantitative estimate of drug-likeness (QED) is 0.851. The van der Waals surface area contributed by atoms with Crippen molar-refractivity contribution in [3.63, 3.8) is 0 Å². The van der Waals surface area contributed by atoms with Crippen molar-refractivity contribution in [3.05, 3.63) is 33.5 Å². The van der Waals surface area contributed by atoms with Crippen LogP contribution in [-0.4, -0.2) is 50.1 Å². The number of rotatable bonds is 3. The fourth-order valence-electron chi connectivity index (χ4n) is 3.43. The molecular formula is C16H21N5OS. The highest BCUT2D eigenvalue weighted by Crippen LogP contribution is 2.24. The Morgan fingerprint density at radius 3 is 3.04 bits per heavy atom. The average molecular weight is 331 g/mol. The molecule has 0 radical (unpaired) electrons. The molecule has 2 aliphatic rings. The largest absolute Gasteiger partial charge is 0.332 e. The number of amides is 1. The number of aromatic nitrogens is 3. The molecule has 0 saturated heterocycles. The second kappa shape index (κ2) is 6.05. The van der Waals surface area contributed by atoms with E-state index < -0.39 is 0 Å². The molecule has 0 saturated carbocycles. The van der Waals surface area contributed by atoms with Crippen molar-refractivity contribution in [2.75, 3.05) is 19.6 Å². The lowest BCUT2D eigenvalue weighted by molar-refractivity contribution is -0.134. The first-order valence-electron chi connectivity index (χ1n) is 8.21. The molecule has 4 rings (SSSR count). The van der Waals surface area contributed by atoms with Gasteiger partial charge in [0.15, 0.2) is 5.82 Å². The summed E-state index contributed by atoms with van der Waals surface area (Å²) in [6.45, 7) is 6.62. The van der Waals surface area contributed by atoms with Gasteiger partial charge in [-0.15, -0.1) is 21.5 Å². The van der Waals surface area contributed by atoms with Gasteiger partial charge in [0.1, 0.15) is 5.82 Å². The Morgan fingerprint density at radius 2 is 2.17 bits per heavy atom. The molecule has 2 aromatic rings. The molecule has 23 heavy (non-hydrogen) atoms. The van der Waals surface area contributed by atoms with Gasteiger partial charge in [-0.1, -0.05) is 6.92 Å². The summed E-state index contributed by atoms with van der Waals surface area (Å²) in [5.74, 6) is 2.14. The maximum Gasteiger partial charge on any atom is 0.237 e. The van der Waals surface area contributed by atoms with Gasteiger partial charge in [-0.05, 0) is 23.4 Å². The molecule has 0 atom stereocenters. The standard InChI is InChI=1S/C16H21N5OS/c1-2-14-17-18-15-10-20(6-7-21(14)15)16(22)11-19-5-3-13-12(9-19)4-8-23-13/h4,8H,2-3,5-7,9-11H2,1H3. The van der Waals surface area contributed by atoms with Gasteiger partial charge in [0.2, 0.25) is 5.91 Å². The minimum atomic E-state index is 0.205. The molecule has 0 aromatic carbocycles. The lowest BCUT2D eigenvalue weighted by atomic mass is 10.1. The normalized spacial score (nSPS) is 17.9. The molecule has 122 valence electrons. The fourth-order valence-corrected chi connectivity index (χ4v) is 4.32. The molecule has 0 bridgehead atoms. The van der Waals surface area contributed by atoms with Crippen LogP contribution in [0.2, 0.25) is 0 Å². The second-order valence-electron chi connectivity index (χ2n) is 6.18. The van der Waals surface area contributed by atoms with E-state index in [1.54, 1.807) is 0 Å². The van der Waals surface area contributed by atoms with Crippen molar-refractivity contribution in [1.29, 1.82) is 0 Å². The van der Waals surface area contributed by atoms with Crippen LogP contribution in [0.3, 0.4) is 0 Å². The number of thiophene rings is 1. The third kappa shape index (κ3) is 2.79. The number of carbonyl (C=O) groups is 1. The number of hydrogen-bond acceptors (Lipinski definition) is 5. The Bertz CT molecular complexity index is 722. The third-order valence-corrected chi connectivity index (χ3v) is 5.77. The molecule has 0 aliphatic carbocycles. The zero-order valence-corrected chi connectivity index (χ0v) is 14.2. The Morgan fingerprint density at radius 1 is 1.26 bits per heavy atom. The zero-order chi connectivity index (χ0) is 15.8. The van der Waals surface area contributed by atoms with Crippen LogP contribution >= 0.6 is 11.3 Å². The molecule has 0 unspecified atom stereocenters. The van der Waals surface area contributed by atoms with Gasteiger partial charge >= 0.3 is 0 Å². The average Bonchev–Trinajstić information content (AvgIpc) is 3.19. The number of carbonyl (C=O) groups excluding carboxylic acids is 1. The predicted octanol–water partition coefficient (Wildman–Crippen LogP) is 1.30. The van der Waals surface area contributed by atoms with Gasteiger partial charge in [0.25, 0.3) is 0 Å². The minimum absolute atomic E-state index is 0.205. The lowest BCUT2D eigenvalue weighted by Gasteiger charge is -2.31. The van der Waals surface area contributed by atoms with Crippen LogP contribution in [0, 0.1) is 0 Å². The van der Waals surface area contributed by atoms with Gasteiger partial charge in [-0.3, -0.25) is 9.69 Å². The van der Waals surface area contributed by atoms with E-state index in [0.717, 1.165) is 50.7 Å². The SMILES string of the molecule is CCc1nnc2n1CCN(C(=O)CN1CCc3sccc3C1)C2. The number of hydrogen-bond donors (Lipinski definition) is 0. The van der Waals surface area contributed by atoms with Crippen molar-refractivity contribution in [2.45, 2.75) is 39.4 Å². The third-order valence-electron chi connectivity index (χ3n) is 4.74. The van der Waals surface area contributed by atoms with E-state index >= 15 is 0 Å². The summed E-state index contributed by atoms with van der Waals surface area (Å²) in [4.78, 5) is 18.3. The molecular weight excluding hydrogens is 310 g/mol. The summed E-state index contributed by atoms with van der Waals surface area (Å²) in [5.41, 5.74) is 1.39. The van der Waals surface area contributed by atoms with Crippen molar-refractivity contribution < 1.29 is 4.79 Å².